The summed E-state index contributed by atoms with van der Waals surface area (Å²) in [6.07, 6.45) is 8.19. The van der Waals surface area contributed by atoms with Gasteiger partial charge in [-0.25, -0.2) is 0 Å². The van der Waals surface area contributed by atoms with Gasteiger partial charge in [-0.3, -0.25) is 0 Å². The zero-order valence-corrected chi connectivity index (χ0v) is 24.8. The zero-order valence-electron chi connectivity index (χ0n) is 24.8. The first-order valence-corrected chi connectivity index (χ1v) is 15.5. The van der Waals surface area contributed by atoms with Crippen LogP contribution in [0.3, 0.4) is 0 Å². The maximum atomic E-state index is 2.44. The van der Waals surface area contributed by atoms with Gasteiger partial charge in [0.1, 0.15) is 0 Å². The van der Waals surface area contributed by atoms with Crippen LogP contribution in [-0.4, -0.2) is 0 Å². The van der Waals surface area contributed by atoms with Crippen molar-refractivity contribution in [1.29, 1.82) is 0 Å². The Hall–Kier alpha value is -5.34. The third-order valence-electron chi connectivity index (χ3n) is 8.68. The van der Waals surface area contributed by atoms with Crippen LogP contribution < -0.4 is 9.80 Å². The topological polar surface area (TPSA) is 6.48 Å². The summed E-state index contributed by atoms with van der Waals surface area (Å²) in [5, 5.41) is 0. The quantitative estimate of drug-likeness (QED) is 0.169. The molecule has 0 aliphatic heterocycles. The zero-order chi connectivity index (χ0) is 29.6. The van der Waals surface area contributed by atoms with Crippen molar-refractivity contribution in [2.45, 2.75) is 24.7 Å². The SMILES string of the molecule is C1=CC(c2ccc(N(c3ccccc3)c3ccccc3)cc2)(c2ccc(N(c3ccccc3)c3ccccc3)cc2)CCC1. The average molecular weight is 569 g/mol. The Kier molecular flexibility index (Phi) is 7.80. The van der Waals surface area contributed by atoms with Gasteiger partial charge in [-0.15, -0.1) is 0 Å². The molecule has 0 amide bonds. The van der Waals surface area contributed by atoms with E-state index in [1.807, 2.05) is 0 Å². The smallest absolute Gasteiger partial charge is 0.0461 e. The van der Waals surface area contributed by atoms with Crippen LogP contribution in [0.4, 0.5) is 34.1 Å². The highest BCUT2D eigenvalue weighted by molar-refractivity contribution is 5.78. The van der Waals surface area contributed by atoms with Crippen molar-refractivity contribution in [2.24, 2.45) is 0 Å². The Morgan fingerprint density at radius 1 is 0.364 bits per heavy atom. The van der Waals surface area contributed by atoms with Gasteiger partial charge in [-0.05, 0) is 103 Å². The molecule has 0 radical (unpaired) electrons. The maximum absolute atomic E-state index is 2.44. The highest BCUT2D eigenvalue weighted by Gasteiger charge is 2.33. The molecule has 0 heterocycles. The summed E-state index contributed by atoms with van der Waals surface area (Å²) in [4.78, 5) is 4.65. The average Bonchev–Trinajstić information content (AvgIpc) is 3.11. The second kappa shape index (κ2) is 12.5. The number of benzene rings is 6. The second-order valence-corrected chi connectivity index (χ2v) is 11.4. The molecule has 214 valence electrons. The third kappa shape index (κ3) is 5.43. The van der Waals surface area contributed by atoms with Gasteiger partial charge < -0.3 is 9.80 Å². The predicted molar refractivity (Wildman–Crippen MR) is 186 cm³/mol. The van der Waals surface area contributed by atoms with Crippen molar-refractivity contribution in [3.8, 4) is 0 Å². The molecule has 0 spiro atoms. The minimum Gasteiger partial charge on any atom is -0.311 e. The van der Waals surface area contributed by atoms with E-state index >= 15 is 0 Å². The fraction of sp³-hybridized carbons (Fsp3) is 0.0952. The van der Waals surface area contributed by atoms with Crippen molar-refractivity contribution >= 4 is 34.1 Å². The van der Waals surface area contributed by atoms with Gasteiger partial charge in [0.15, 0.2) is 0 Å². The molecule has 7 rings (SSSR count). The van der Waals surface area contributed by atoms with Crippen molar-refractivity contribution in [3.63, 3.8) is 0 Å². The van der Waals surface area contributed by atoms with Gasteiger partial charge in [0.25, 0.3) is 0 Å². The number of nitrogens with zero attached hydrogens (tertiary/aromatic N) is 2. The van der Waals surface area contributed by atoms with Crippen LogP contribution in [-0.2, 0) is 5.41 Å². The molecular weight excluding hydrogens is 532 g/mol. The fourth-order valence-electron chi connectivity index (χ4n) is 6.53. The number of anilines is 6. The largest absolute Gasteiger partial charge is 0.311 e. The van der Waals surface area contributed by atoms with Crippen molar-refractivity contribution < 1.29 is 0 Å². The van der Waals surface area contributed by atoms with E-state index in [4.69, 9.17) is 0 Å². The molecule has 1 aliphatic carbocycles. The molecule has 0 saturated heterocycles. The van der Waals surface area contributed by atoms with E-state index < -0.39 is 0 Å². The summed E-state index contributed by atoms with van der Waals surface area (Å²) >= 11 is 0. The van der Waals surface area contributed by atoms with Crippen molar-refractivity contribution in [2.75, 3.05) is 9.80 Å². The predicted octanol–water partition coefficient (Wildman–Crippen LogP) is 11.7. The van der Waals surface area contributed by atoms with Gasteiger partial charge in [-0.2, -0.15) is 0 Å². The minimum absolute atomic E-state index is 0.163. The Labute approximate surface area is 261 Å². The second-order valence-electron chi connectivity index (χ2n) is 11.4. The van der Waals surface area contributed by atoms with Crippen LogP contribution in [0.2, 0.25) is 0 Å². The summed E-state index contributed by atoms with van der Waals surface area (Å²) in [6, 6.07) is 60.9. The van der Waals surface area contributed by atoms with E-state index in [-0.39, 0.29) is 5.41 Å². The lowest BCUT2D eigenvalue weighted by atomic mass is 9.69. The number of rotatable bonds is 8. The molecule has 0 atom stereocenters. The van der Waals surface area contributed by atoms with Gasteiger partial charge in [0.05, 0.1) is 0 Å². The van der Waals surface area contributed by atoms with E-state index in [1.165, 1.54) is 17.5 Å². The molecule has 0 saturated carbocycles. The Balaban J connectivity index is 1.26. The first-order valence-electron chi connectivity index (χ1n) is 15.5. The molecule has 2 nitrogen and oxygen atoms in total. The van der Waals surface area contributed by atoms with E-state index in [2.05, 4.69) is 192 Å². The van der Waals surface area contributed by atoms with Gasteiger partial charge in [0.2, 0.25) is 0 Å². The van der Waals surface area contributed by atoms with E-state index in [9.17, 15) is 0 Å². The molecule has 44 heavy (non-hydrogen) atoms. The number of allylic oxidation sites excluding steroid dienone is 2. The van der Waals surface area contributed by atoms with Crippen LogP contribution in [0.15, 0.2) is 182 Å². The summed E-state index contributed by atoms with van der Waals surface area (Å²) in [5.74, 6) is 0. The van der Waals surface area contributed by atoms with Crippen LogP contribution in [0.25, 0.3) is 0 Å². The lowest BCUT2D eigenvalue weighted by molar-refractivity contribution is 0.530. The van der Waals surface area contributed by atoms with Gasteiger partial charge in [0, 0.05) is 39.5 Å². The first-order chi connectivity index (χ1) is 21.8. The third-order valence-corrected chi connectivity index (χ3v) is 8.68. The molecule has 1 aliphatic rings. The summed E-state index contributed by atoms with van der Waals surface area (Å²) in [5.41, 5.74) is 9.39. The molecule has 0 N–H and O–H groups in total. The lowest BCUT2D eigenvalue weighted by Gasteiger charge is -2.36. The highest BCUT2D eigenvalue weighted by Crippen LogP contribution is 2.44. The highest BCUT2D eigenvalue weighted by atomic mass is 15.1. The van der Waals surface area contributed by atoms with Crippen LogP contribution >= 0.6 is 0 Å². The van der Waals surface area contributed by atoms with E-state index in [1.54, 1.807) is 0 Å². The van der Waals surface area contributed by atoms with Crippen molar-refractivity contribution in [1.82, 2.24) is 0 Å². The summed E-state index contributed by atoms with van der Waals surface area (Å²) < 4.78 is 0. The standard InChI is InChI=1S/C42H36N2/c1-6-16-36(17-7-1)43(37-18-8-2-9-19-37)40-28-24-34(25-29-40)42(32-14-5-15-33-42)35-26-30-41(31-27-35)44(38-20-10-3-11-21-38)39-22-12-4-13-23-39/h1-4,6-14,16-32H,5,15,33H2. The summed E-state index contributed by atoms with van der Waals surface area (Å²) in [7, 11) is 0. The van der Waals surface area contributed by atoms with E-state index in [0.717, 1.165) is 47.0 Å². The van der Waals surface area contributed by atoms with Crippen molar-refractivity contribution in [3.05, 3.63) is 193 Å². The number of hydrogen-bond acceptors (Lipinski definition) is 2. The Morgan fingerprint density at radius 2 is 0.682 bits per heavy atom. The minimum atomic E-state index is -0.163. The fourth-order valence-corrected chi connectivity index (χ4v) is 6.53. The molecule has 0 unspecified atom stereocenters. The Bertz CT molecular complexity index is 1590. The molecule has 0 fully saturated rings. The molecular formula is C42H36N2. The van der Waals surface area contributed by atoms with Gasteiger partial charge in [-0.1, -0.05) is 109 Å². The number of hydrogen-bond donors (Lipinski definition) is 0. The molecule has 0 bridgehead atoms. The monoisotopic (exact) mass is 568 g/mol. The van der Waals surface area contributed by atoms with E-state index in [0.29, 0.717) is 0 Å². The first kappa shape index (κ1) is 27.5. The molecule has 6 aromatic rings. The normalized spacial score (nSPS) is 13.7. The molecule has 2 heteroatoms. The number of para-hydroxylation sites is 4. The Morgan fingerprint density at radius 3 is 0.977 bits per heavy atom. The summed E-state index contributed by atoms with van der Waals surface area (Å²) in [6.45, 7) is 0. The van der Waals surface area contributed by atoms with Crippen LogP contribution in [0, 0.1) is 0 Å². The maximum Gasteiger partial charge on any atom is 0.0461 e. The molecule has 0 aromatic heterocycles. The van der Waals surface area contributed by atoms with Crippen LogP contribution in [0.5, 0.6) is 0 Å². The van der Waals surface area contributed by atoms with Crippen LogP contribution in [0.1, 0.15) is 30.4 Å². The molecule has 6 aromatic carbocycles. The lowest BCUT2D eigenvalue weighted by Crippen LogP contribution is -2.27. The van der Waals surface area contributed by atoms with Gasteiger partial charge >= 0.3 is 0 Å².